The second kappa shape index (κ2) is 66.1. The average molecular weight is 1090 g/mol. The topological polar surface area (TPSA) is 78.9 Å². The Morgan fingerprint density at radius 2 is 0.494 bits per heavy atom. The van der Waals surface area contributed by atoms with Crippen molar-refractivity contribution in [3.8, 4) is 0 Å². The second-order valence-corrected chi connectivity index (χ2v) is 21.3. The normalized spacial score (nSPS) is 13.0. The summed E-state index contributed by atoms with van der Waals surface area (Å²) < 4.78 is 16.8. The highest BCUT2D eigenvalue weighted by Crippen LogP contribution is 2.16. The van der Waals surface area contributed by atoms with Crippen molar-refractivity contribution in [2.45, 2.75) is 297 Å². The Labute approximate surface area is 487 Å². The first kappa shape index (κ1) is 74.5. The molecular weight excluding hydrogens is 973 g/mol. The molecule has 6 heteroatoms. The third-order valence-corrected chi connectivity index (χ3v) is 13.7. The van der Waals surface area contributed by atoms with Crippen LogP contribution in [0.1, 0.15) is 290 Å². The fourth-order valence-corrected chi connectivity index (χ4v) is 8.83. The van der Waals surface area contributed by atoms with Gasteiger partial charge in [-0.2, -0.15) is 0 Å². The van der Waals surface area contributed by atoms with E-state index in [1.807, 2.05) is 0 Å². The molecule has 0 fully saturated rings. The van der Waals surface area contributed by atoms with Crippen molar-refractivity contribution in [2.24, 2.45) is 0 Å². The Bertz CT molecular complexity index is 1680. The lowest BCUT2D eigenvalue weighted by molar-refractivity contribution is -0.167. The van der Waals surface area contributed by atoms with Gasteiger partial charge < -0.3 is 14.2 Å². The number of carbonyl (C=O) groups is 3. The minimum atomic E-state index is -0.788. The molecule has 0 saturated carbocycles. The van der Waals surface area contributed by atoms with E-state index in [1.165, 1.54) is 109 Å². The molecule has 0 amide bonds. The van der Waals surface area contributed by atoms with Gasteiger partial charge in [-0.15, -0.1) is 0 Å². The molecule has 448 valence electrons. The Kier molecular flexibility index (Phi) is 62.3. The van der Waals surface area contributed by atoms with Crippen LogP contribution in [0.25, 0.3) is 0 Å². The quantitative estimate of drug-likeness (QED) is 0.0261. The average Bonchev–Trinajstić information content (AvgIpc) is 3.45. The van der Waals surface area contributed by atoms with E-state index in [1.54, 1.807) is 0 Å². The molecule has 1 atom stereocenters. The summed E-state index contributed by atoms with van der Waals surface area (Å²) in [5.74, 6) is -0.905. The van der Waals surface area contributed by atoms with E-state index in [9.17, 15) is 14.4 Å². The van der Waals surface area contributed by atoms with Gasteiger partial charge in [-0.25, -0.2) is 0 Å². The van der Waals surface area contributed by atoms with E-state index >= 15 is 0 Å². The van der Waals surface area contributed by atoms with Crippen LogP contribution in [0, 0.1) is 0 Å². The number of hydrogen-bond donors (Lipinski definition) is 0. The summed E-state index contributed by atoms with van der Waals surface area (Å²) in [5.41, 5.74) is 0. The molecule has 0 bridgehead atoms. The monoisotopic (exact) mass is 1090 g/mol. The first-order chi connectivity index (χ1) is 39.0. The van der Waals surface area contributed by atoms with Gasteiger partial charge in [-0.3, -0.25) is 14.4 Å². The summed E-state index contributed by atoms with van der Waals surface area (Å²) in [6.07, 6.45) is 93.4. The Hall–Kier alpha value is -4.45. The summed E-state index contributed by atoms with van der Waals surface area (Å²) in [7, 11) is 0. The molecule has 0 heterocycles. The SMILES string of the molecule is CC/C=C\C/C=C\C/C=C\C/C=C\C/C=C\C/C=C\CCCCCCCCC(=O)OC(COC(=O)CCCCCCCCC)COC(=O)CCCCCCCCCCCCCCC/C=C\C/C=C\C/C=C\C/C=C\C/C=C\CC. The van der Waals surface area contributed by atoms with Gasteiger partial charge in [0.05, 0.1) is 0 Å². The van der Waals surface area contributed by atoms with E-state index in [0.717, 1.165) is 141 Å². The largest absolute Gasteiger partial charge is 0.462 e. The lowest BCUT2D eigenvalue weighted by Crippen LogP contribution is -2.30. The smallest absolute Gasteiger partial charge is 0.306 e. The van der Waals surface area contributed by atoms with Gasteiger partial charge in [0.15, 0.2) is 6.10 Å². The fourth-order valence-electron chi connectivity index (χ4n) is 8.83. The highest BCUT2D eigenvalue weighted by molar-refractivity contribution is 5.71. The number of allylic oxidation sites excluding steroid dienone is 22. The molecule has 0 aromatic heterocycles. The zero-order chi connectivity index (χ0) is 57.1. The molecule has 0 aliphatic carbocycles. The summed E-state index contributed by atoms with van der Waals surface area (Å²) in [4.78, 5) is 38.1. The molecule has 0 radical (unpaired) electrons. The summed E-state index contributed by atoms with van der Waals surface area (Å²) in [6.45, 7) is 6.37. The van der Waals surface area contributed by atoms with E-state index in [4.69, 9.17) is 14.2 Å². The van der Waals surface area contributed by atoms with Crippen LogP contribution in [0.4, 0.5) is 0 Å². The molecule has 1 unspecified atom stereocenters. The first-order valence-electron chi connectivity index (χ1n) is 32.7. The highest BCUT2D eigenvalue weighted by atomic mass is 16.6. The maximum atomic E-state index is 12.9. The number of esters is 3. The lowest BCUT2D eigenvalue weighted by Gasteiger charge is -2.18. The zero-order valence-electron chi connectivity index (χ0n) is 51.3. The van der Waals surface area contributed by atoms with Gasteiger partial charge in [0, 0.05) is 19.3 Å². The van der Waals surface area contributed by atoms with Gasteiger partial charge in [-0.05, 0) is 116 Å². The Balaban J connectivity index is 4.17. The van der Waals surface area contributed by atoms with Crippen LogP contribution in [0.2, 0.25) is 0 Å². The van der Waals surface area contributed by atoms with Gasteiger partial charge in [0.1, 0.15) is 13.2 Å². The Morgan fingerprint density at radius 1 is 0.266 bits per heavy atom. The predicted octanol–water partition coefficient (Wildman–Crippen LogP) is 22.5. The minimum Gasteiger partial charge on any atom is -0.462 e. The Morgan fingerprint density at radius 3 is 0.772 bits per heavy atom. The van der Waals surface area contributed by atoms with Crippen molar-refractivity contribution < 1.29 is 28.6 Å². The molecule has 0 saturated heterocycles. The van der Waals surface area contributed by atoms with Crippen molar-refractivity contribution in [3.05, 3.63) is 134 Å². The molecule has 0 spiro atoms. The van der Waals surface area contributed by atoms with Crippen LogP contribution in [-0.2, 0) is 28.6 Å². The fraction of sp³-hybridized carbons (Fsp3) is 0.658. The van der Waals surface area contributed by atoms with Crippen LogP contribution in [0.15, 0.2) is 134 Å². The molecule has 0 aliphatic rings. The first-order valence-corrected chi connectivity index (χ1v) is 32.7. The number of ether oxygens (including phenoxy) is 3. The molecule has 79 heavy (non-hydrogen) atoms. The van der Waals surface area contributed by atoms with Crippen molar-refractivity contribution >= 4 is 17.9 Å². The standard InChI is InChI=1S/C73H120O6/c1-4-7-10-13-16-18-20-22-24-26-28-30-32-34-35-36-37-39-40-42-44-46-48-50-52-54-57-60-63-66-72(75)78-69-70(68-77-71(74)65-62-59-56-15-12-9-6-3)79-73(76)67-64-61-58-55-53-51-49-47-45-43-41-38-33-31-29-27-25-23-21-19-17-14-11-8-5-2/h7-8,10-11,16-19,22-25,28-31,34-35,38,41,45,47,70H,4-6,9,12-15,20-21,26-27,32-33,36-37,39-40,42-44,46,48-69H2,1-3H3/b10-7-,11-8-,18-16-,19-17-,24-22-,25-23-,30-28-,31-29-,35-34-,41-38-,47-45-. The van der Waals surface area contributed by atoms with Crippen LogP contribution >= 0.6 is 0 Å². The van der Waals surface area contributed by atoms with Gasteiger partial charge in [0.25, 0.3) is 0 Å². The van der Waals surface area contributed by atoms with Gasteiger partial charge in [0.2, 0.25) is 0 Å². The molecule has 0 aromatic rings. The maximum Gasteiger partial charge on any atom is 0.306 e. The van der Waals surface area contributed by atoms with E-state index in [0.29, 0.717) is 19.3 Å². The number of unbranched alkanes of at least 4 members (excludes halogenated alkanes) is 25. The third kappa shape index (κ3) is 64.3. The highest BCUT2D eigenvalue weighted by Gasteiger charge is 2.19. The molecule has 0 aliphatic heterocycles. The summed E-state index contributed by atoms with van der Waals surface area (Å²) >= 11 is 0. The van der Waals surface area contributed by atoms with Crippen molar-refractivity contribution in [2.75, 3.05) is 13.2 Å². The predicted molar refractivity (Wildman–Crippen MR) is 343 cm³/mol. The third-order valence-electron chi connectivity index (χ3n) is 13.7. The molecular formula is C73H120O6. The van der Waals surface area contributed by atoms with Crippen LogP contribution in [0.5, 0.6) is 0 Å². The molecule has 0 aromatic carbocycles. The molecule has 0 N–H and O–H groups in total. The van der Waals surface area contributed by atoms with Crippen LogP contribution in [0.3, 0.4) is 0 Å². The van der Waals surface area contributed by atoms with E-state index in [2.05, 4.69) is 154 Å². The number of carbonyl (C=O) groups excluding carboxylic acids is 3. The summed E-state index contributed by atoms with van der Waals surface area (Å²) in [5, 5.41) is 0. The van der Waals surface area contributed by atoms with Gasteiger partial charge >= 0.3 is 17.9 Å². The summed E-state index contributed by atoms with van der Waals surface area (Å²) in [6, 6.07) is 0. The van der Waals surface area contributed by atoms with Crippen LogP contribution in [-0.4, -0.2) is 37.2 Å². The second-order valence-electron chi connectivity index (χ2n) is 21.3. The van der Waals surface area contributed by atoms with E-state index < -0.39 is 6.10 Å². The maximum absolute atomic E-state index is 12.9. The van der Waals surface area contributed by atoms with Crippen molar-refractivity contribution in [1.29, 1.82) is 0 Å². The zero-order valence-corrected chi connectivity index (χ0v) is 51.3. The van der Waals surface area contributed by atoms with Gasteiger partial charge in [-0.1, -0.05) is 289 Å². The molecule has 6 nitrogen and oxygen atoms in total. The molecule has 0 rings (SSSR count). The minimum absolute atomic E-state index is 0.0858. The number of rotatable bonds is 58. The number of hydrogen-bond acceptors (Lipinski definition) is 6. The lowest BCUT2D eigenvalue weighted by atomic mass is 10.0. The van der Waals surface area contributed by atoms with E-state index in [-0.39, 0.29) is 31.1 Å². The van der Waals surface area contributed by atoms with Crippen LogP contribution < -0.4 is 0 Å². The van der Waals surface area contributed by atoms with Crippen molar-refractivity contribution in [3.63, 3.8) is 0 Å². The van der Waals surface area contributed by atoms with Crippen molar-refractivity contribution in [1.82, 2.24) is 0 Å².